The van der Waals surface area contributed by atoms with E-state index in [2.05, 4.69) is 15.7 Å². The average Bonchev–Trinajstić information content (AvgIpc) is 2.28. The van der Waals surface area contributed by atoms with Crippen LogP contribution >= 0.6 is 0 Å². The summed E-state index contributed by atoms with van der Waals surface area (Å²) in [6.07, 6.45) is -0.0203. The Morgan fingerprint density at radius 3 is 3.13 bits per heavy atom. The summed E-state index contributed by atoms with van der Waals surface area (Å²) in [7, 11) is 1.38. The molecule has 0 N–H and O–H groups in total. The zero-order valence-electron chi connectivity index (χ0n) is 9.10. The molecule has 0 saturated carbocycles. The van der Waals surface area contributed by atoms with E-state index in [0.717, 1.165) is 6.54 Å². The Bertz CT molecular complexity index is 262. The van der Waals surface area contributed by atoms with Gasteiger partial charge in [-0.2, -0.15) is 5.26 Å². The predicted molar refractivity (Wildman–Crippen MR) is 53.0 cm³/mol. The molecule has 2 unspecified atom stereocenters. The van der Waals surface area contributed by atoms with Crippen LogP contribution in [0.3, 0.4) is 0 Å². The van der Waals surface area contributed by atoms with Crippen molar-refractivity contribution in [2.24, 2.45) is 0 Å². The summed E-state index contributed by atoms with van der Waals surface area (Å²) in [5.74, 6) is -0.220. The highest BCUT2D eigenvalue weighted by Crippen LogP contribution is 2.11. The number of nitriles is 1. The van der Waals surface area contributed by atoms with Crippen molar-refractivity contribution < 1.29 is 14.3 Å². The topological polar surface area (TPSA) is 62.6 Å². The first-order valence-corrected chi connectivity index (χ1v) is 4.99. The second-order valence-corrected chi connectivity index (χ2v) is 3.61. The Labute approximate surface area is 89.6 Å². The van der Waals surface area contributed by atoms with Gasteiger partial charge in [0.25, 0.3) is 0 Å². The van der Waals surface area contributed by atoms with E-state index in [4.69, 9.17) is 10.00 Å². The molecule has 1 rings (SSSR count). The van der Waals surface area contributed by atoms with Gasteiger partial charge in [0.05, 0.1) is 26.2 Å². The van der Waals surface area contributed by atoms with E-state index in [1.807, 2.05) is 6.92 Å². The number of carbonyl (C=O) groups excluding carboxylic acids is 1. The number of methoxy groups -OCH3 is 1. The quantitative estimate of drug-likeness (QED) is 0.624. The summed E-state index contributed by atoms with van der Waals surface area (Å²) in [4.78, 5) is 13.1. The minimum atomic E-state index is -0.376. The van der Waals surface area contributed by atoms with Crippen LogP contribution in [0.25, 0.3) is 0 Å². The molecule has 0 aromatic heterocycles. The third-order valence-corrected chi connectivity index (χ3v) is 2.55. The van der Waals surface area contributed by atoms with Gasteiger partial charge in [0.15, 0.2) is 6.10 Å². The van der Waals surface area contributed by atoms with Gasteiger partial charge in [-0.1, -0.05) is 0 Å². The smallest absolute Gasteiger partial charge is 0.307 e. The molecule has 1 aliphatic rings. The molecule has 84 valence electrons. The number of hydrogen-bond acceptors (Lipinski definition) is 5. The maximum atomic E-state index is 11.1. The van der Waals surface area contributed by atoms with Crippen molar-refractivity contribution in [3.05, 3.63) is 0 Å². The van der Waals surface area contributed by atoms with Gasteiger partial charge in [-0.25, -0.2) is 0 Å². The fourth-order valence-electron chi connectivity index (χ4n) is 1.60. The molecule has 1 heterocycles. The van der Waals surface area contributed by atoms with Crippen molar-refractivity contribution in [2.75, 3.05) is 26.8 Å². The van der Waals surface area contributed by atoms with Crippen LogP contribution < -0.4 is 0 Å². The van der Waals surface area contributed by atoms with Gasteiger partial charge in [0.1, 0.15) is 0 Å². The Hall–Kier alpha value is -1.12. The number of carbonyl (C=O) groups is 1. The molecule has 5 heteroatoms. The first-order chi connectivity index (χ1) is 7.17. The highest BCUT2D eigenvalue weighted by atomic mass is 16.5. The highest BCUT2D eigenvalue weighted by molar-refractivity contribution is 5.69. The average molecular weight is 212 g/mol. The van der Waals surface area contributed by atoms with Crippen molar-refractivity contribution in [2.45, 2.75) is 25.5 Å². The number of rotatable bonds is 3. The van der Waals surface area contributed by atoms with Crippen LogP contribution in [0.4, 0.5) is 0 Å². The van der Waals surface area contributed by atoms with Crippen molar-refractivity contribution in [3.63, 3.8) is 0 Å². The summed E-state index contributed by atoms with van der Waals surface area (Å²) < 4.78 is 9.82. The Morgan fingerprint density at radius 1 is 1.80 bits per heavy atom. The summed E-state index contributed by atoms with van der Waals surface area (Å²) >= 11 is 0. The maximum Gasteiger partial charge on any atom is 0.307 e. The van der Waals surface area contributed by atoms with Crippen molar-refractivity contribution in [1.29, 1.82) is 5.26 Å². The molecule has 0 spiro atoms. The van der Waals surface area contributed by atoms with E-state index >= 15 is 0 Å². The number of ether oxygens (including phenoxy) is 2. The third-order valence-electron chi connectivity index (χ3n) is 2.55. The fourth-order valence-corrected chi connectivity index (χ4v) is 1.60. The standard InChI is InChI=1S/C10H16N2O3/c1-8(5-10(13)14-2)12-3-4-15-9(6-11)7-12/h8-9H,3-5,7H2,1-2H3. The Balaban J connectivity index is 2.42. The molecule has 1 fully saturated rings. The van der Waals surface area contributed by atoms with E-state index in [1.54, 1.807) is 0 Å². The van der Waals surface area contributed by atoms with Gasteiger partial charge in [0, 0.05) is 19.1 Å². The second-order valence-electron chi connectivity index (χ2n) is 3.61. The zero-order chi connectivity index (χ0) is 11.3. The lowest BCUT2D eigenvalue weighted by molar-refractivity contribution is -0.142. The van der Waals surface area contributed by atoms with Crippen molar-refractivity contribution >= 4 is 5.97 Å². The molecule has 0 amide bonds. The zero-order valence-corrected chi connectivity index (χ0v) is 9.10. The van der Waals surface area contributed by atoms with Crippen molar-refractivity contribution in [1.82, 2.24) is 4.90 Å². The van der Waals surface area contributed by atoms with Crippen molar-refractivity contribution in [3.8, 4) is 6.07 Å². The van der Waals surface area contributed by atoms with Gasteiger partial charge in [-0.15, -0.1) is 0 Å². The van der Waals surface area contributed by atoms with Crippen LogP contribution in [-0.2, 0) is 14.3 Å². The molecule has 0 aliphatic carbocycles. The molecule has 2 atom stereocenters. The SMILES string of the molecule is COC(=O)CC(C)N1CCOC(C#N)C1. The normalized spacial score (nSPS) is 24.2. The van der Waals surface area contributed by atoms with E-state index in [9.17, 15) is 4.79 Å². The molecule has 1 saturated heterocycles. The molecular formula is C10H16N2O3. The molecule has 1 aliphatic heterocycles. The first-order valence-electron chi connectivity index (χ1n) is 4.99. The Kier molecular flexibility index (Phi) is 4.53. The third kappa shape index (κ3) is 3.50. The highest BCUT2D eigenvalue weighted by Gasteiger charge is 2.25. The van der Waals surface area contributed by atoms with Crippen LogP contribution in [0.15, 0.2) is 0 Å². The van der Waals surface area contributed by atoms with Gasteiger partial charge >= 0.3 is 5.97 Å². The molecule has 0 aromatic rings. The van der Waals surface area contributed by atoms with Gasteiger partial charge in [-0.05, 0) is 6.92 Å². The number of hydrogen-bond donors (Lipinski definition) is 0. The lowest BCUT2D eigenvalue weighted by Gasteiger charge is -2.33. The lowest BCUT2D eigenvalue weighted by Crippen LogP contribution is -2.46. The van der Waals surface area contributed by atoms with Crippen LogP contribution in [0.2, 0.25) is 0 Å². The molecule has 0 bridgehead atoms. The van der Waals surface area contributed by atoms with Crippen LogP contribution in [-0.4, -0.2) is 49.8 Å². The van der Waals surface area contributed by atoms with E-state index in [0.29, 0.717) is 19.6 Å². The van der Waals surface area contributed by atoms with E-state index < -0.39 is 0 Å². The van der Waals surface area contributed by atoms with E-state index in [-0.39, 0.29) is 18.1 Å². The number of esters is 1. The summed E-state index contributed by atoms with van der Waals surface area (Å²) in [6.45, 7) is 3.82. The summed E-state index contributed by atoms with van der Waals surface area (Å²) in [6, 6.07) is 2.17. The van der Waals surface area contributed by atoms with Crippen LogP contribution in [0.1, 0.15) is 13.3 Å². The van der Waals surface area contributed by atoms with E-state index in [1.165, 1.54) is 7.11 Å². The van der Waals surface area contributed by atoms with Gasteiger partial charge < -0.3 is 9.47 Å². The first kappa shape index (κ1) is 12.0. The summed E-state index contributed by atoms with van der Waals surface area (Å²) in [5.41, 5.74) is 0. The minimum absolute atomic E-state index is 0.0946. The second kappa shape index (κ2) is 5.69. The lowest BCUT2D eigenvalue weighted by atomic mass is 10.1. The minimum Gasteiger partial charge on any atom is -0.469 e. The summed E-state index contributed by atoms with van der Waals surface area (Å²) in [5, 5.41) is 8.73. The van der Waals surface area contributed by atoms with Crippen LogP contribution in [0.5, 0.6) is 0 Å². The largest absolute Gasteiger partial charge is 0.469 e. The fraction of sp³-hybridized carbons (Fsp3) is 0.800. The molecule has 0 aromatic carbocycles. The number of morpholine rings is 1. The number of nitrogens with zero attached hydrogens (tertiary/aromatic N) is 2. The predicted octanol–water partition coefficient (Wildman–Crippen LogP) is 0.162. The molecular weight excluding hydrogens is 196 g/mol. The monoisotopic (exact) mass is 212 g/mol. The van der Waals surface area contributed by atoms with Crippen LogP contribution in [0, 0.1) is 11.3 Å². The Morgan fingerprint density at radius 2 is 2.53 bits per heavy atom. The maximum absolute atomic E-state index is 11.1. The molecule has 5 nitrogen and oxygen atoms in total. The molecule has 15 heavy (non-hydrogen) atoms. The molecule has 0 radical (unpaired) electrons. The van der Waals surface area contributed by atoms with Gasteiger partial charge in [-0.3, -0.25) is 9.69 Å². The van der Waals surface area contributed by atoms with Gasteiger partial charge in [0.2, 0.25) is 0 Å².